The van der Waals surface area contributed by atoms with Crippen molar-refractivity contribution in [1.82, 2.24) is 19.7 Å². The minimum Gasteiger partial charge on any atom is -0.339 e. The van der Waals surface area contributed by atoms with Gasteiger partial charge in [0.1, 0.15) is 4.83 Å². The fourth-order valence-corrected chi connectivity index (χ4v) is 3.73. The maximum Gasteiger partial charge on any atom is 0.263 e. The highest BCUT2D eigenvalue weighted by molar-refractivity contribution is 7.98. The average molecular weight is 362 g/mol. The number of fused-ring (bicyclic) bond motifs is 1. The number of nitrogens with zero attached hydrogens (tertiary/aromatic N) is 4. The number of rotatable bonds is 5. The van der Waals surface area contributed by atoms with E-state index in [-0.39, 0.29) is 11.0 Å². The average Bonchev–Trinajstić information content (AvgIpc) is 3.16. The highest BCUT2D eigenvalue weighted by Crippen LogP contribution is 2.25. The first kappa shape index (κ1) is 16.9. The molecule has 8 heteroatoms. The molecule has 0 unspecified atom stereocenters. The standard InChI is InChI=1S/C16H18N4O2S2/c1-5-7-20-13(21)10-6-8-23-12(10)18-15(20)24-9-11-17-14(22-19-11)16(2,3)4/h5-6,8H,1,7,9H2,2-4H3. The Labute approximate surface area is 147 Å². The molecule has 0 fully saturated rings. The van der Waals surface area contributed by atoms with E-state index in [0.717, 1.165) is 4.83 Å². The number of hydrogen-bond donors (Lipinski definition) is 0. The topological polar surface area (TPSA) is 73.8 Å². The van der Waals surface area contributed by atoms with Crippen LogP contribution in [0.2, 0.25) is 0 Å². The Kier molecular flexibility index (Phi) is 4.60. The van der Waals surface area contributed by atoms with Gasteiger partial charge in [0.05, 0.1) is 11.1 Å². The van der Waals surface area contributed by atoms with Crippen LogP contribution in [0.4, 0.5) is 0 Å². The van der Waals surface area contributed by atoms with Crippen LogP contribution in [0.1, 0.15) is 32.5 Å². The second kappa shape index (κ2) is 6.52. The van der Waals surface area contributed by atoms with Crippen molar-refractivity contribution >= 4 is 33.3 Å². The number of hydrogen-bond acceptors (Lipinski definition) is 7. The van der Waals surface area contributed by atoms with Gasteiger partial charge in [0, 0.05) is 12.0 Å². The van der Waals surface area contributed by atoms with Crippen LogP contribution >= 0.6 is 23.1 Å². The van der Waals surface area contributed by atoms with Gasteiger partial charge < -0.3 is 4.52 Å². The van der Waals surface area contributed by atoms with Crippen LogP contribution in [0.15, 0.2) is 38.6 Å². The predicted molar refractivity (Wildman–Crippen MR) is 96.6 cm³/mol. The molecule has 0 radical (unpaired) electrons. The van der Waals surface area contributed by atoms with Crippen molar-refractivity contribution in [3.8, 4) is 0 Å². The summed E-state index contributed by atoms with van der Waals surface area (Å²) in [5.74, 6) is 1.68. The molecule has 3 aromatic heterocycles. The first-order valence-electron chi connectivity index (χ1n) is 7.45. The van der Waals surface area contributed by atoms with E-state index < -0.39 is 0 Å². The lowest BCUT2D eigenvalue weighted by Crippen LogP contribution is -2.22. The molecule has 24 heavy (non-hydrogen) atoms. The third-order valence-electron chi connectivity index (χ3n) is 3.30. The summed E-state index contributed by atoms with van der Waals surface area (Å²) >= 11 is 2.88. The fourth-order valence-electron chi connectivity index (χ4n) is 2.08. The summed E-state index contributed by atoms with van der Waals surface area (Å²) in [6, 6.07) is 1.80. The molecule has 3 heterocycles. The molecular formula is C16H18N4O2S2. The Hall–Kier alpha value is -1.93. The summed E-state index contributed by atoms with van der Waals surface area (Å²) in [5.41, 5.74) is -0.234. The van der Waals surface area contributed by atoms with Gasteiger partial charge in [-0.1, -0.05) is 43.8 Å². The van der Waals surface area contributed by atoms with Crippen molar-refractivity contribution < 1.29 is 4.52 Å². The molecule has 3 rings (SSSR count). The van der Waals surface area contributed by atoms with Crippen LogP contribution < -0.4 is 5.56 Å². The van der Waals surface area contributed by atoms with Crippen molar-refractivity contribution in [1.29, 1.82) is 0 Å². The lowest BCUT2D eigenvalue weighted by Gasteiger charge is -2.10. The van der Waals surface area contributed by atoms with Gasteiger partial charge in [0.2, 0.25) is 5.89 Å². The van der Waals surface area contributed by atoms with Crippen molar-refractivity contribution in [3.63, 3.8) is 0 Å². The van der Waals surface area contributed by atoms with Crippen LogP contribution in [0.5, 0.6) is 0 Å². The molecule has 0 amide bonds. The zero-order valence-corrected chi connectivity index (χ0v) is 15.4. The van der Waals surface area contributed by atoms with Gasteiger partial charge in [-0.3, -0.25) is 9.36 Å². The molecule has 0 N–H and O–H groups in total. The Morgan fingerprint density at radius 2 is 2.21 bits per heavy atom. The quantitative estimate of drug-likeness (QED) is 0.392. The van der Waals surface area contributed by atoms with E-state index in [0.29, 0.717) is 34.6 Å². The molecule has 3 aromatic rings. The lowest BCUT2D eigenvalue weighted by atomic mass is 9.97. The molecule has 0 spiro atoms. The molecule has 0 aromatic carbocycles. The summed E-state index contributed by atoms with van der Waals surface area (Å²) < 4.78 is 6.92. The van der Waals surface area contributed by atoms with Gasteiger partial charge in [0.25, 0.3) is 5.56 Å². The SMILES string of the molecule is C=CCn1c(SCc2noc(C(C)(C)C)n2)nc2sccc2c1=O. The zero-order valence-electron chi connectivity index (χ0n) is 13.8. The molecule has 0 aliphatic heterocycles. The summed E-state index contributed by atoms with van der Waals surface area (Å²) in [4.78, 5) is 22.3. The summed E-state index contributed by atoms with van der Waals surface area (Å²) in [7, 11) is 0. The van der Waals surface area contributed by atoms with Crippen molar-refractivity contribution in [2.45, 2.75) is 43.6 Å². The Balaban J connectivity index is 1.89. The molecule has 0 saturated heterocycles. The maximum atomic E-state index is 12.6. The van der Waals surface area contributed by atoms with Gasteiger partial charge in [-0.2, -0.15) is 4.98 Å². The second-order valence-corrected chi connectivity index (χ2v) is 8.13. The predicted octanol–water partition coefficient (Wildman–Crippen LogP) is 3.62. The molecule has 0 aliphatic carbocycles. The van der Waals surface area contributed by atoms with E-state index in [2.05, 4.69) is 21.7 Å². The maximum absolute atomic E-state index is 12.6. The van der Waals surface area contributed by atoms with Crippen LogP contribution in [0, 0.1) is 0 Å². The van der Waals surface area contributed by atoms with Crippen LogP contribution in [-0.4, -0.2) is 19.7 Å². The zero-order chi connectivity index (χ0) is 17.3. The number of thiophene rings is 1. The number of aromatic nitrogens is 4. The third kappa shape index (κ3) is 3.29. The van der Waals surface area contributed by atoms with Crippen LogP contribution in [-0.2, 0) is 17.7 Å². The monoisotopic (exact) mass is 362 g/mol. The van der Waals surface area contributed by atoms with E-state index in [1.165, 1.54) is 23.1 Å². The van der Waals surface area contributed by atoms with Gasteiger partial charge in [-0.05, 0) is 11.4 Å². The first-order chi connectivity index (χ1) is 11.4. The Morgan fingerprint density at radius 1 is 1.42 bits per heavy atom. The minimum atomic E-state index is -0.186. The summed E-state index contributed by atoms with van der Waals surface area (Å²) in [5, 5.41) is 7.16. The van der Waals surface area contributed by atoms with Gasteiger partial charge in [-0.25, -0.2) is 4.98 Å². The van der Waals surface area contributed by atoms with Crippen LogP contribution in [0.3, 0.4) is 0 Å². The summed E-state index contributed by atoms with van der Waals surface area (Å²) in [6.07, 6.45) is 1.69. The normalized spacial score (nSPS) is 12.0. The summed E-state index contributed by atoms with van der Waals surface area (Å²) in [6.45, 7) is 10.2. The third-order valence-corrected chi connectivity index (χ3v) is 5.08. The van der Waals surface area contributed by atoms with E-state index in [1.807, 2.05) is 26.2 Å². The number of allylic oxidation sites excluding steroid dienone is 1. The Bertz CT molecular complexity index is 934. The molecule has 0 saturated carbocycles. The van der Waals surface area contributed by atoms with Gasteiger partial charge in [-0.15, -0.1) is 17.9 Å². The molecule has 6 nitrogen and oxygen atoms in total. The Morgan fingerprint density at radius 3 is 2.88 bits per heavy atom. The highest BCUT2D eigenvalue weighted by Gasteiger charge is 2.22. The van der Waals surface area contributed by atoms with Crippen LogP contribution in [0.25, 0.3) is 10.2 Å². The van der Waals surface area contributed by atoms with Crippen molar-refractivity contribution in [3.05, 3.63) is 46.2 Å². The molecular weight excluding hydrogens is 344 g/mol. The molecule has 126 valence electrons. The fraction of sp³-hybridized carbons (Fsp3) is 0.375. The smallest absolute Gasteiger partial charge is 0.263 e. The highest BCUT2D eigenvalue weighted by atomic mass is 32.2. The van der Waals surface area contributed by atoms with Crippen molar-refractivity contribution in [2.24, 2.45) is 0 Å². The largest absolute Gasteiger partial charge is 0.339 e. The van der Waals surface area contributed by atoms with E-state index in [9.17, 15) is 4.79 Å². The number of thioether (sulfide) groups is 1. The molecule has 0 atom stereocenters. The first-order valence-corrected chi connectivity index (χ1v) is 9.31. The van der Waals surface area contributed by atoms with Gasteiger partial charge in [0.15, 0.2) is 11.0 Å². The lowest BCUT2D eigenvalue weighted by molar-refractivity contribution is 0.319. The molecule has 0 aliphatic rings. The van der Waals surface area contributed by atoms with E-state index in [4.69, 9.17) is 4.52 Å². The van der Waals surface area contributed by atoms with E-state index in [1.54, 1.807) is 16.7 Å². The van der Waals surface area contributed by atoms with Crippen molar-refractivity contribution in [2.75, 3.05) is 0 Å². The molecule has 0 bridgehead atoms. The minimum absolute atomic E-state index is 0.0489. The van der Waals surface area contributed by atoms with E-state index >= 15 is 0 Å². The van der Waals surface area contributed by atoms with Gasteiger partial charge >= 0.3 is 0 Å². The second-order valence-electron chi connectivity index (χ2n) is 6.29.